The zero-order valence-corrected chi connectivity index (χ0v) is 13.8. The molecule has 2 heteroatoms. The minimum Gasteiger partial charge on any atom is -0.310 e. The Morgan fingerprint density at radius 2 is 1.67 bits per heavy atom. The number of hydrogen-bond acceptors (Lipinski definition) is 2. The van der Waals surface area contributed by atoms with E-state index in [1.165, 1.54) is 22.4 Å². The van der Waals surface area contributed by atoms with Gasteiger partial charge in [-0.15, -0.1) is 11.8 Å². The van der Waals surface area contributed by atoms with Crippen LogP contribution < -0.4 is 5.32 Å². The van der Waals surface area contributed by atoms with Crippen molar-refractivity contribution in [1.29, 1.82) is 0 Å². The van der Waals surface area contributed by atoms with Crippen LogP contribution in [0.3, 0.4) is 0 Å². The lowest BCUT2D eigenvalue weighted by Gasteiger charge is -2.20. The van der Waals surface area contributed by atoms with Gasteiger partial charge in [0.2, 0.25) is 0 Å². The Labute approximate surface area is 133 Å². The summed E-state index contributed by atoms with van der Waals surface area (Å²) in [5, 5.41) is 3.66. The van der Waals surface area contributed by atoms with Gasteiger partial charge in [-0.05, 0) is 36.6 Å². The highest BCUT2D eigenvalue weighted by molar-refractivity contribution is 7.98. The predicted octanol–water partition coefficient (Wildman–Crippen LogP) is 5.43. The lowest BCUT2D eigenvalue weighted by Crippen LogP contribution is -2.21. The summed E-state index contributed by atoms with van der Waals surface area (Å²) in [5.74, 6) is 1.03. The van der Waals surface area contributed by atoms with E-state index in [0.29, 0.717) is 6.04 Å². The van der Waals surface area contributed by atoms with Crippen LogP contribution in [0, 0.1) is 0 Å². The molecule has 0 aliphatic heterocycles. The molecule has 1 atom stereocenters. The Balaban J connectivity index is 2.08. The van der Waals surface area contributed by atoms with Gasteiger partial charge in [0.15, 0.2) is 0 Å². The van der Waals surface area contributed by atoms with Gasteiger partial charge >= 0.3 is 0 Å². The maximum absolute atomic E-state index is 3.66. The van der Waals surface area contributed by atoms with E-state index in [2.05, 4.69) is 73.8 Å². The molecule has 0 saturated carbocycles. The van der Waals surface area contributed by atoms with Gasteiger partial charge in [-0.3, -0.25) is 0 Å². The molecule has 0 radical (unpaired) electrons. The second kappa shape index (κ2) is 8.91. The molecule has 0 aromatic heterocycles. The van der Waals surface area contributed by atoms with Crippen LogP contribution in [0.1, 0.15) is 43.9 Å². The smallest absolute Gasteiger partial charge is 0.0328 e. The van der Waals surface area contributed by atoms with Crippen LogP contribution in [0.4, 0.5) is 0 Å². The molecule has 0 spiro atoms. The molecule has 112 valence electrons. The molecule has 0 saturated heterocycles. The Bertz CT molecular complexity index is 524. The lowest BCUT2D eigenvalue weighted by molar-refractivity contribution is 0.512. The van der Waals surface area contributed by atoms with Crippen molar-refractivity contribution in [1.82, 2.24) is 5.32 Å². The highest BCUT2D eigenvalue weighted by atomic mass is 32.2. The summed E-state index contributed by atoms with van der Waals surface area (Å²) < 4.78 is 0. The van der Waals surface area contributed by atoms with Crippen LogP contribution in [0.5, 0.6) is 0 Å². The summed E-state index contributed by atoms with van der Waals surface area (Å²) in [5.41, 5.74) is 2.82. The Hall–Kier alpha value is -1.25. The third kappa shape index (κ3) is 4.90. The minimum absolute atomic E-state index is 0.462. The molecule has 0 fully saturated rings. The quantitative estimate of drug-likeness (QED) is 0.652. The highest BCUT2D eigenvalue weighted by Gasteiger charge is 2.12. The monoisotopic (exact) mass is 299 g/mol. The summed E-state index contributed by atoms with van der Waals surface area (Å²) in [6.45, 7) is 5.55. The van der Waals surface area contributed by atoms with Crippen molar-refractivity contribution in [3.8, 4) is 0 Å². The highest BCUT2D eigenvalue weighted by Crippen LogP contribution is 2.31. The number of benzene rings is 2. The third-order valence-corrected chi connectivity index (χ3v) is 4.74. The van der Waals surface area contributed by atoms with Gasteiger partial charge < -0.3 is 5.32 Å². The van der Waals surface area contributed by atoms with E-state index in [1.807, 2.05) is 11.8 Å². The molecule has 2 rings (SSSR count). The Kier molecular flexibility index (Phi) is 6.84. The molecule has 1 nitrogen and oxygen atoms in total. The molecule has 2 aromatic rings. The summed E-state index contributed by atoms with van der Waals surface area (Å²) >= 11 is 1.94. The summed E-state index contributed by atoms with van der Waals surface area (Å²) in [6, 6.07) is 20.0. The van der Waals surface area contributed by atoms with Crippen molar-refractivity contribution in [3.63, 3.8) is 0 Å². The first kappa shape index (κ1) is 16.1. The zero-order valence-electron chi connectivity index (χ0n) is 13.0. The molecule has 2 aromatic carbocycles. The van der Waals surface area contributed by atoms with E-state index in [0.717, 1.165) is 18.7 Å². The Morgan fingerprint density at radius 3 is 2.38 bits per heavy atom. The van der Waals surface area contributed by atoms with Crippen LogP contribution in [0.25, 0.3) is 0 Å². The number of hydrogen-bond donors (Lipinski definition) is 1. The van der Waals surface area contributed by atoms with Gasteiger partial charge in [0.25, 0.3) is 0 Å². The van der Waals surface area contributed by atoms with E-state index in [-0.39, 0.29) is 0 Å². The van der Waals surface area contributed by atoms with Gasteiger partial charge in [0.1, 0.15) is 0 Å². The van der Waals surface area contributed by atoms with Crippen LogP contribution in [0.2, 0.25) is 0 Å². The van der Waals surface area contributed by atoms with Crippen LogP contribution in [-0.2, 0) is 5.75 Å². The first-order valence-corrected chi connectivity index (χ1v) is 8.82. The molecule has 0 amide bonds. The molecular formula is C19H25NS. The molecular weight excluding hydrogens is 274 g/mol. The first-order chi connectivity index (χ1) is 10.3. The number of thioether (sulfide) groups is 1. The topological polar surface area (TPSA) is 12.0 Å². The van der Waals surface area contributed by atoms with Crippen molar-refractivity contribution < 1.29 is 0 Å². The molecule has 0 bridgehead atoms. The maximum atomic E-state index is 3.66. The minimum atomic E-state index is 0.462. The van der Waals surface area contributed by atoms with Gasteiger partial charge in [-0.25, -0.2) is 0 Å². The average Bonchev–Trinajstić information content (AvgIpc) is 2.55. The third-order valence-electron chi connectivity index (χ3n) is 3.58. The first-order valence-electron chi connectivity index (χ1n) is 7.84. The van der Waals surface area contributed by atoms with Gasteiger partial charge in [-0.2, -0.15) is 0 Å². The fourth-order valence-corrected chi connectivity index (χ4v) is 3.49. The van der Waals surface area contributed by atoms with Crippen molar-refractivity contribution in [2.45, 2.75) is 43.4 Å². The van der Waals surface area contributed by atoms with E-state index >= 15 is 0 Å². The van der Waals surface area contributed by atoms with Crippen LogP contribution in [0.15, 0.2) is 59.5 Å². The van der Waals surface area contributed by atoms with Crippen molar-refractivity contribution in [3.05, 3.63) is 65.7 Å². The largest absolute Gasteiger partial charge is 0.310 e. The normalized spacial score (nSPS) is 12.3. The SMILES string of the molecule is CCCNC(CC)c1ccccc1SCc1ccccc1. The standard InChI is InChI=1S/C19H25NS/c1-3-14-20-18(4-2)17-12-8-9-13-19(17)21-15-16-10-6-5-7-11-16/h5-13,18,20H,3-4,14-15H2,1-2H3. The fraction of sp³-hybridized carbons (Fsp3) is 0.368. The molecule has 0 aliphatic rings. The second-order valence-corrected chi connectivity index (χ2v) is 6.24. The van der Waals surface area contributed by atoms with Crippen LogP contribution >= 0.6 is 11.8 Å². The molecule has 0 heterocycles. The van der Waals surface area contributed by atoms with Crippen molar-refractivity contribution >= 4 is 11.8 Å². The van der Waals surface area contributed by atoms with Crippen molar-refractivity contribution in [2.24, 2.45) is 0 Å². The van der Waals surface area contributed by atoms with E-state index < -0.39 is 0 Å². The van der Waals surface area contributed by atoms with Crippen molar-refractivity contribution in [2.75, 3.05) is 6.54 Å². The predicted molar refractivity (Wildman–Crippen MR) is 93.8 cm³/mol. The number of nitrogens with one attached hydrogen (secondary N) is 1. The lowest BCUT2D eigenvalue weighted by atomic mass is 10.0. The van der Waals surface area contributed by atoms with Crippen LogP contribution in [-0.4, -0.2) is 6.54 Å². The second-order valence-electron chi connectivity index (χ2n) is 5.23. The molecule has 21 heavy (non-hydrogen) atoms. The average molecular weight is 299 g/mol. The fourth-order valence-electron chi connectivity index (χ4n) is 2.43. The van der Waals surface area contributed by atoms with E-state index in [1.54, 1.807) is 0 Å². The summed E-state index contributed by atoms with van der Waals surface area (Å²) in [4.78, 5) is 1.40. The zero-order chi connectivity index (χ0) is 14.9. The summed E-state index contributed by atoms with van der Waals surface area (Å²) in [6.07, 6.45) is 2.30. The molecule has 0 aliphatic carbocycles. The van der Waals surface area contributed by atoms with Gasteiger partial charge in [-0.1, -0.05) is 62.4 Å². The van der Waals surface area contributed by atoms with E-state index in [4.69, 9.17) is 0 Å². The Morgan fingerprint density at radius 1 is 0.952 bits per heavy atom. The number of rotatable bonds is 8. The van der Waals surface area contributed by atoms with Gasteiger partial charge in [0, 0.05) is 16.7 Å². The maximum Gasteiger partial charge on any atom is 0.0328 e. The van der Waals surface area contributed by atoms with E-state index in [9.17, 15) is 0 Å². The molecule has 1 unspecified atom stereocenters. The summed E-state index contributed by atoms with van der Waals surface area (Å²) in [7, 11) is 0. The molecule has 1 N–H and O–H groups in total. The van der Waals surface area contributed by atoms with Gasteiger partial charge in [0.05, 0.1) is 0 Å².